The first-order valence-corrected chi connectivity index (χ1v) is 13.1. The molecule has 0 unspecified atom stereocenters. The fourth-order valence-corrected chi connectivity index (χ4v) is 4.61. The molecule has 0 saturated heterocycles. The zero-order valence-corrected chi connectivity index (χ0v) is 24.3. The molecule has 4 nitrogen and oxygen atoms in total. The summed E-state index contributed by atoms with van der Waals surface area (Å²) >= 11 is 0. The number of ether oxygens (including phenoxy) is 1. The number of benzene rings is 2. The Morgan fingerprint density at radius 1 is 1.05 bits per heavy atom. The average molecular weight is 533 g/mol. The first-order chi connectivity index (χ1) is 18.2. The lowest BCUT2D eigenvalue weighted by atomic mass is 9.91. The van der Waals surface area contributed by atoms with Crippen molar-refractivity contribution in [3.8, 4) is 16.9 Å². The van der Waals surface area contributed by atoms with Gasteiger partial charge < -0.3 is 10.1 Å². The Morgan fingerprint density at radius 2 is 1.74 bits per heavy atom. The molecule has 1 N–H and O–H groups in total. The third-order valence-electron chi connectivity index (χ3n) is 6.50. The zero-order valence-electron chi connectivity index (χ0n) is 24.3. The number of carbonyl (C=O) groups is 1. The molecule has 0 spiro atoms. The molecule has 0 bridgehead atoms. The molecule has 39 heavy (non-hydrogen) atoms. The quantitative estimate of drug-likeness (QED) is 0.310. The first kappa shape index (κ1) is 29.8. The standard InChI is InChI=1S/C33H38F2N2O2/c1-10-11-25(28-12-19(2)29(35)16-31(28)39-9)27-13-23(18-36-22(27)5)26-14-24(34)15-30(21(26)4)37-32(38)20(3)17-33(6,7)8/h11-18H,10H2,1-9H3,(H,37,38)/b20-17+,25-11+. The summed E-state index contributed by atoms with van der Waals surface area (Å²) < 4.78 is 34.7. The van der Waals surface area contributed by atoms with Gasteiger partial charge in [-0.1, -0.05) is 39.8 Å². The zero-order chi connectivity index (χ0) is 29.1. The number of rotatable bonds is 7. The van der Waals surface area contributed by atoms with Crippen LogP contribution in [0.2, 0.25) is 0 Å². The summed E-state index contributed by atoms with van der Waals surface area (Å²) in [5.41, 5.74) is 6.56. The lowest BCUT2D eigenvalue weighted by Gasteiger charge is -2.18. The summed E-state index contributed by atoms with van der Waals surface area (Å²) in [5, 5.41) is 2.87. The molecule has 0 fully saturated rings. The topological polar surface area (TPSA) is 51.2 Å². The fraction of sp³-hybridized carbons (Fsp3) is 0.333. The van der Waals surface area contributed by atoms with Crippen molar-refractivity contribution in [2.24, 2.45) is 5.41 Å². The summed E-state index contributed by atoms with van der Waals surface area (Å²) in [5.74, 6) is -0.661. The van der Waals surface area contributed by atoms with Gasteiger partial charge in [0, 0.05) is 45.9 Å². The average Bonchev–Trinajstić information content (AvgIpc) is 2.85. The van der Waals surface area contributed by atoms with E-state index < -0.39 is 5.82 Å². The number of aryl methyl sites for hydroxylation is 2. The van der Waals surface area contributed by atoms with Crippen LogP contribution in [0.3, 0.4) is 0 Å². The molecule has 1 amide bonds. The second kappa shape index (κ2) is 11.9. The van der Waals surface area contributed by atoms with Crippen LogP contribution < -0.4 is 10.1 Å². The van der Waals surface area contributed by atoms with Crippen molar-refractivity contribution >= 4 is 17.2 Å². The molecule has 0 aliphatic carbocycles. The highest BCUT2D eigenvalue weighted by atomic mass is 19.1. The molecule has 0 aliphatic heterocycles. The summed E-state index contributed by atoms with van der Waals surface area (Å²) in [4.78, 5) is 17.5. The van der Waals surface area contributed by atoms with Gasteiger partial charge in [-0.3, -0.25) is 9.78 Å². The SMILES string of the molecule is CC/C=C(/c1cc(C)c(F)cc1OC)c1cc(-c2cc(F)cc(NC(=O)/C(C)=C/C(C)(C)C)c2C)cnc1C. The van der Waals surface area contributed by atoms with Crippen LogP contribution in [0.5, 0.6) is 5.75 Å². The minimum absolute atomic E-state index is 0.164. The van der Waals surface area contributed by atoms with Crippen molar-refractivity contribution in [2.75, 3.05) is 12.4 Å². The van der Waals surface area contributed by atoms with E-state index in [0.717, 1.165) is 34.4 Å². The summed E-state index contributed by atoms with van der Waals surface area (Å²) in [6.07, 6.45) is 6.38. The van der Waals surface area contributed by atoms with Gasteiger partial charge >= 0.3 is 0 Å². The lowest BCUT2D eigenvalue weighted by molar-refractivity contribution is -0.112. The number of hydrogen-bond acceptors (Lipinski definition) is 3. The van der Waals surface area contributed by atoms with Crippen LogP contribution in [0.1, 0.15) is 69.0 Å². The number of nitrogens with one attached hydrogen (secondary N) is 1. The highest BCUT2D eigenvalue weighted by Crippen LogP contribution is 2.37. The summed E-state index contributed by atoms with van der Waals surface area (Å²) in [6.45, 7) is 15.3. The number of carbonyl (C=O) groups excluding carboxylic acids is 1. The predicted octanol–water partition coefficient (Wildman–Crippen LogP) is 8.73. The molecular weight excluding hydrogens is 494 g/mol. The van der Waals surface area contributed by atoms with Crippen LogP contribution in [0.15, 0.2) is 54.3 Å². The van der Waals surface area contributed by atoms with Gasteiger partial charge in [-0.25, -0.2) is 8.78 Å². The number of hydrogen-bond donors (Lipinski definition) is 1. The van der Waals surface area contributed by atoms with E-state index in [0.29, 0.717) is 33.7 Å². The van der Waals surface area contributed by atoms with E-state index in [9.17, 15) is 13.6 Å². The first-order valence-electron chi connectivity index (χ1n) is 13.1. The molecule has 206 valence electrons. The lowest BCUT2D eigenvalue weighted by Crippen LogP contribution is -2.16. The number of methoxy groups -OCH3 is 1. The Labute approximate surface area is 230 Å². The minimum Gasteiger partial charge on any atom is -0.496 e. The van der Waals surface area contributed by atoms with Crippen molar-refractivity contribution in [1.82, 2.24) is 4.98 Å². The van der Waals surface area contributed by atoms with Crippen LogP contribution in [-0.2, 0) is 4.79 Å². The van der Waals surface area contributed by atoms with Crippen molar-refractivity contribution < 1.29 is 18.3 Å². The maximum Gasteiger partial charge on any atom is 0.251 e. The van der Waals surface area contributed by atoms with Gasteiger partial charge in [0.1, 0.15) is 17.4 Å². The molecule has 1 aromatic heterocycles. The normalized spacial score (nSPS) is 12.5. The third-order valence-corrected chi connectivity index (χ3v) is 6.50. The van der Waals surface area contributed by atoms with Gasteiger partial charge in [0.2, 0.25) is 0 Å². The second-order valence-corrected chi connectivity index (χ2v) is 11.0. The minimum atomic E-state index is -0.467. The third kappa shape index (κ3) is 6.99. The van der Waals surface area contributed by atoms with Crippen LogP contribution in [0.4, 0.5) is 14.5 Å². The number of anilines is 1. The van der Waals surface area contributed by atoms with Gasteiger partial charge in [0.25, 0.3) is 5.91 Å². The number of nitrogens with zero attached hydrogens (tertiary/aromatic N) is 1. The Balaban J connectivity index is 2.14. The van der Waals surface area contributed by atoms with E-state index in [1.807, 2.05) is 53.7 Å². The van der Waals surface area contributed by atoms with Gasteiger partial charge in [-0.15, -0.1) is 0 Å². The molecule has 0 aliphatic rings. The Kier molecular flexibility index (Phi) is 9.10. The van der Waals surface area contributed by atoms with Crippen molar-refractivity contribution in [3.63, 3.8) is 0 Å². The van der Waals surface area contributed by atoms with E-state index in [1.165, 1.54) is 25.3 Å². The van der Waals surface area contributed by atoms with E-state index in [-0.39, 0.29) is 17.1 Å². The fourth-order valence-electron chi connectivity index (χ4n) is 4.61. The van der Waals surface area contributed by atoms with Gasteiger partial charge in [0.05, 0.1) is 7.11 Å². The maximum absolute atomic E-state index is 14.9. The van der Waals surface area contributed by atoms with Crippen LogP contribution in [0, 0.1) is 37.8 Å². The Bertz CT molecular complexity index is 1460. The van der Waals surface area contributed by atoms with E-state index in [2.05, 4.69) is 16.4 Å². The summed E-state index contributed by atoms with van der Waals surface area (Å²) in [6, 6.07) is 7.90. The van der Waals surface area contributed by atoms with E-state index >= 15 is 0 Å². The molecule has 0 atom stereocenters. The molecule has 2 aromatic carbocycles. The molecule has 6 heteroatoms. The van der Waals surface area contributed by atoms with Crippen molar-refractivity contribution in [1.29, 1.82) is 0 Å². The van der Waals surface area contributed by atoms with E-state index in [4.69, 9.17) is 4.74 Å². The largest absolute Gasteiger partial charge is 0.496 e. The maximum atomic E-state index is 14.9. The van der Waals surface area contributed by atoms with E-state index in [1.54, 1.807) is 26.1 Å². The second-order valence-electron chi connectivity index (χ2n) is 11.0. The number of pyridine rings is 1. The predicted molar refractivity (Wildman–Crippen MR) is 156 cm³/mol. The van der Waals surface area contributed by atoms with Crippen LogP contribution >= 0.6 is 0 Å². The molecule has 1 heterocycles. The molecule has 3 rings (SSSR count). The highest BCUT2D eigenvalue weighted by molar-refractivity contribution is 6.04. The summed E-state index contributed by atoms with van der Waals surface area (Å²) in [7, 11) is 1.52. The van der Waals surface area contributed by atoms with Gasteiger partial charge in [0.15, 0.2) is 0 Å². The number of amides is 1. The molecule has 3 aromatic rings. The number of aromatic nitrogens is 1. The monoisotopic (exact) mass is 532 g/mol. The van der Waals surface area contributed by atoms with Crippen LogP contribution in [0.25, 0.3) is 16.7 Å². The van der Waals surface area contributed by atoms with Crippen molar-refractivity contribution in [2.45, 2.75) is 61.8 Å². The van der Waals surface area contributed by atoms with Gasteiger partial charge in [-0.2, -0.15) is 0 Å². The molecule has 0 saturated carbocycles. The molecular formula is C33H38F2N2O2. The van der Waals surface area contributed by atoms with Gasteiger partial charge in [-0.05, 0) is 86.1 Å². The Morgan fingerprint density at radius 3 is 2.36 bits per heavy atom. The van der Waals surface area contributed by atoms with Crippen LogP contribution in [-0.4, -0.2) is 18.0 Å². The van der Waals surface area contributed by atoms with Crippen molar-refractivity contribution in [3.05, 3.63) is 93.8 Å². The highest BCUT2D eigenvalue weighted by Gasteiger charge is 2.19. The number of halogens is 2. The number of allylic oxidation sites excluding steroid dienone is 2. The molecule has 0 radical (unpaired) electrons. The Hall–Kier alpha value is -3.80. The smallest absolute Gasteiger partial charge is 0.251 e.